The molecule has 3 aromatic carbocycles. The highest BCUT2D eigenvalue weighted by Gasteiger charge is 2.32. The molecule has 4 nitrogen and oxygen atoms in total. The zero-order valence-corrected chi connectivity index (χ0v) is 21.7. The van der Waals surface area contributed by atoms with Crippen molar-refractivity contribution in [3.63, 3.8) is 0 Å². The third-order valence-corrected chi connectivity index (χ3v) is 7.30. The Morgan fingerprint density at radius 1 is 0.833 bits per heavy atom. The molecule has 0 spiro atoms. The first kappa shape index (κ1) is 24.9. The van der Waals surface area contributed by atoms with Crippen LogP contribution in [0.2, 0.25) is 0 Å². The third-order valence-electron chi connectivity index (χ3n) is 7.30. The molecule has 1 heterocycles. The summed E-state index contributed by atoms with van der Waals surface area (Å²) in [6.07, 6.45) is 3.99. The van der Waals surface area contributed by atoms with E-state index in [4.69, 9.17) is 14.2 Å². The van der Waals surface area contributed by atoms with E-state index in [9.17, 15) is 5.11 Å². The first-order chi connectivity index (χ1) is 17.4. The summed E-state index contributed by atoms with van der Waals surface area (Å²) in [6, 6.07) is 26.2. The Morgan fingerprint density at radius 3 is 2.25 bits per heavy atom. The van der Waals surface area contributed by atoms with E-state index in [0.717, 1.165) is 37.2 Å². The Labute approximate surface area is 215 Å². The summed E-state index contributed by atoms with van der Waals surface area (Å²) < 4.78 is 18.0. The zero-order chi connectivity index (χ0) is 25.1. The number of rotatable bonds is 7. The van der Waals surface area contributed by atoms with E-state index >= 15 is 0 Å². The number of benzene rings is 3. The topological polar surface area (TPSA) is 47.9 Å². The molecule has 4 atom stereocenters. The first-order valence-corrected chi connectivity index (χ1v) is 13.3. The molecule has 1 unspecified atom stereocenters. The second kappa shape index (κ2) is 10.7. The fourth-order valence-corrected chi connectivity index (χ4v) is 5.68. The van der Waals surface area contributed by atoms with Gasteiger partial charge >= 0.3 is 0 Å². The molecule has 1 N–H and O–H groups in total. The molecule has 0 amide bonds. The van der Waals surface area contributed by atoms with Crippen LogP contribution in [0.25, 0.3) is 0 Å². The van der Waals surface area contributed by atoms with Gasteiger partial charge in [-0.3, -0.25) is 0 Å². The Kier molecular flexibility index (Phi) is 7.36. The Balaban J connectivity index is 1.39. The van der Waals surface area contributed by atoms with Crippen molar-refractivity contribution in [1.29, 1.82) is 0 Å². The Hall–Kier alpha value is -2.82. The van der Waals surface area contributed by atoms with Crippen molar-refractivity contribution in [2.75, 3.05) is 13.2 Å². The maximum absolute atomic E-state index is 9.29. The van der Waals surface area contributed by atoms with Gasteiger partial charge in [0.2, 0.25) is 0 Å². The Bertz CT molecular complexity index is 1130. The SMILES string of the molecule is CC(C)(C)Oc1ccc2c(c1)CC[C@H](c1ccccc1)[C@@H]2c1ccc(OCC2CC[C@@H](CO)O2)cc1. The highest BCUT2D eigenvalue weighted by Crippen LogP contribution is 2.47. The van der Waals surface area contributed by atoms with Gasteiger partial charge in [0, 0.05) is 5.92 Å². The van der Waals surface area contributed by atoms with Crippen molar-refractivity contribution in [3.8, 4) is 11.5 Å². The van der Waals surface area contributed by atoms with Crippen molar-refractivity contribution in [1.82, 2.24) is 0 Å². The lowest BCUT2D eigenvalue weighted by Crippen LogP contribution is -2.24. The molecule has 0 radical (unpaired) electrons. The highest BCUT2D eigenvalue weighted by molar-refractivity contribution is 5.48. The van der Waals surface area contributed by atoms with E-state index in [2.05, 4.69) is 93.6 Å². The minimum absolute atomic E-state index is 0.0448. The maximum atomic E-state index is 9.29. The van der Waals surface area contributed by atoms with E-state index in [1.165, 1.54) is 22.3 Å². The summed E-state index contributed by atoms with van der Waals surface area (Å²) in [4.78, 5) is 0. The molecule has 0 saturated carbocycles. The normalized spacial score (nSPS) is 23.8. The summed E-state index contributed by atoms with van der Waals surface area (Å²) in [5.74, 6) is 2.50. The fraction of sp³-hybridized carbons (Fsp3) is 0.438. The molecule has 1 fully saturated rings. The number of aliphatic hydroxyl groups is 1. The largest absolute Gasteiger partial charge is 0.491 e. The van der Waals surface area contributed by atoms with Crippen molar-refractivity contribution in [2.45, 2.75) is 76.1 Å². The minimum atomic E-state index is -0.215. The number of hydrogen-bond acceptors (Lipinski definition) is 4. The van der Waals surface area contributed by atoms with Gasteiger partial charge in [0.1, 0.15) is 23.7 Å². The summed E-state index contributed by atoms with van der Waals surface area (Å²) in [5, 5.41) is 9.29. The van der Waals surface area contributed by atoms with Crippen molar-refractivity contribution in [3.05, 3.63) is 95.1 Å². The number of hydrogen-bond donors (Lipinski definition) is 1. The molecular formula is C32H38O4. The van der Waals surface area contributed by atoms with Crippen molar-refractivity contribution < 1.29 is 19.3 Å². The number of ether oxygens (including phenoxy) is 3. The van der Waals surface area contributed by atoms with Gasteiger partial charge in [-0.1, -0.05) is 48.5 Å². The predicted octanol–water partition coefficient (Wildman–Crippen LogP) is 6.64. The van der Waals surface area contributed by atoms with Crippen LogP contribution in [0.15, 0.2) is 72.8 Å². The molecule has 0 bridgehead atoms. The Morgan fingerprint density at radius 2 is 1.56 bits per heavy atom. The lowest BCUT2D eigenvalue weighted by molar-refractivity contribution is -0.00722. The van der Waals surface area contributed by atoms with Gasteiger partial charge in [-0.15, -0.1) is 0 Å². The first-order valence-electron chi connectivity index (χ1n) is 13.3. The molecule has 36 heavy (non-hydrogen) atoms. The van der Waals surface area contributed by atoms with Crippen LogP contribution < -0.4 is 9.47 Å². The van der Waals surface area contributed by atoms with Crippen LogP contribution in [0.5, 0.6) is 11.5 Å². The standard InChI is InChI=1S/C32H38O4/c1-32(2,3)36-26-16-18-30-24(19-26)11-17-29(22-7-5-4-6-8-22)31(30)23-9-12-25(13-10-23)34-21-28-15-14-27(20-33)35-28/h4-10,12-13,16,18-19,27-29,31,33H,11,14-15,17,20-21H2,1-3H3/t27-,28?,29+,31-/m0/s1. The molecule has 1 aliphatic carbocycles. The van der Waals surface area contributed by atoms with E-state index in [1.54, 1.807) is 0 Å². The second-order valence-electron chi connectivity index (χ2n) is 11.1. The van der Waals surface area contributed by atoms with Crippen LogP contribution in [0.1, 0.15) is 74.1 Å². The van der Waals surface area contributed by atoms with Crippen LogP contribution in [-0.2, 0) is 11.2 Å². The average molecular weight is 487 g/mol. The quantitative estimate of drug-likeness (QED) is 0.406. The van der Waals surface area contributed by atoms with Crippen LogP contribution in [0, 0.1) is 0 Å². The molecule has 5 rings (SSSR count). The molecule has 2 aliphatic rings. The molecule has 190 valence electrons. The minimum Gasteiger partial charge on any atom is -0.491 e. The van der Waals surface area contributed by atoms with E-state index in [-0.39, 0.29) is 30.3 Å². The van der Waals surface area contributed by atoms with E-state index < -0.39 is 0 Å². The molecule has 0 aromatic heterocycles. The predicted molar refractivity (Wildman–Crippen MR) is 143 cm³/mol. The monoisotopic (exact) mass is 486 g/mol. The summed E-state index contributed by atoms with van der Waals surface area (Å²) in [5.41, 5.74) is 5.25. The number of aryl methyl sites for hydroxylation is 1. The summed E-state index contributed by atoms with van der Waals surface area (Å²) in [7, 11) is 0. The van der Waals surface area contributed by atoms with Gasteiger partial charge in [-0.25, -0.2) is 0 Å². The van der Waals surface area contributed by atoms with Gasteiger partial charge in [0.05, 0.1) is 18.8 Å². The zero-order valence-electron chi connectivity index (χ0n) is 21.7. The number of fused-ring (bicyclic) bond motifs is 1. The van der Waals surface area contributed by atoms with Crippen LogP contribution in [0.3, 0.4) is 0 Å². The van der Waals surface area contributed by atoms with Crippen LogP contribution in [0.4, 0.5) is 0 Å². The van der Waals surface area contributed by atoms with Gasteiger partial charge in [-0.2, -0.15) is 0 Å². The molecular weight excluding hydrogens is 448 g/mol. The number of aliphatic hydroxyl groups excluding tert-OH is 1. The lowest BCUT2D eigenvalue weighted by Gasteiger charge is -2.35. The molecule has 1 aliphatic heterocycles. The molecule has 3 aromatic rings. The second-order valence-corrected chi connectivity index (χ2v) is 11.1. The summed E-state index contributed by atoms with van der Waals surface area (Å²) >= 11 is 0. The average Bonchev–Trinajstić information content (AvgIpc) is 3.35. The van der Waals surface area contributed by atoms with Gasteiger partial charge in [0.15, 0.2) is 0 Å². The lowest BCUT2D eigenvalue weighted by atomic mass is 9.69. The van der Waals surface area contributed by atoms with Crippen molar-refractivity contribution >= 4 is 0 Å². The van der Waals surface area contributed by atoms with Gasteiger partial charge in [0.25, 0.3) is 0 Å². The summed E-state index contributed by atoms with van der Waals surface area (Å²) in [6.45, 7) is 6.88. The van der Waals surface area contributed by atoms with Crippen LogP contribution in [-0.4, -0.2) is 36.1 Å². The van der Waals surface area contributed by atoms with E-state index in [0.29, 0.717) is 12.5 Å². The fourth-order valence-electron chi connectivity index (χ4n) is 5.68. The molecule has 4 heteroatoms. The van der Waals surface area contributed by atoms with Gasteiger partial charge in [-0.05, 0) is 98.9 Å². The van der Waals surface area contributed by atoms with E-state index in [1.807, 2.05) is 0 Å². The molecule has 1 saturated heterocycles. The highest BCUT2D eigenvalue weighted by atomic mass is 16.5. The van der Waals surface area contributed by atoms with Crippen molar-refractivity contribution in [2.24, 2.45) is 0 Å². The smallest absolute Gasteiger partial charge is 0.120 e. The van der Waals surface area contributed by atoms with Gasteiger partial charge < -0.3 is 19.3 Å². The maximum Gasteiger partial charge on any atom is 0.120 e. The third kappa shape index (κ3) is 5.77. The van der Waals surface area contributed by atoms with Crippen LogP contribution >= 0.6 is 0 Å².